The van der Waals surface area contributed by atoms with E-state index in [0.29, 0.717) is 10.9 Å². The molecule has 2 heterocycles. The first-order chi connectivity index (χ1) is 11.6. The molecule has 0 saturated heterocycles. The fraction of sp³-hybridized carbons (Fsp3) is 0.278. The van der Waals surface area contributed by atoms with Crippen molar-refractivity contribution >= 4 is 16.8 Å². The Morgan fingerprint density at radius 2 is 2.12 bits per heavy atom. The molecule has 0 bridgehead atoms. The molecule has 0 saturated carbocycles. The second-order valence-electron chi connectivity index (χ2n) is 5.78. The third-order valence-electron chi connectivity index (χ3n) is 3.86. The van der Waals surface area contributed by atoms with Gasteiger partial charge >= 0.3 is 0 Å². The zero-order chi connectivity index (χ0) is 16.9. The number of nitrogens with zero attached hydrogens (tertiary/aromatic N) is 2. The monoisotopic (exact) mass is 325 g/mol. The number of hydrogen-bond acceptors (Lipinski definition) is 4. The summed E-state index contributed by atoms with van der Waals surface area (Å²) in [4.78, 5) is 28.7. The highest BCUT2D eigenvalue weighted by Crippen LogP contribution is 2.06. The molecule has 0 fully saturated rings. The van der Waals surface area contributed by atoms with E-state index in [1.165, 1.54) is 10.9 Å². The predicted octanol–water partition coefficient (Wildman–Crippen LogP) is 2.13. The number of fused-ring (bicyclic) bond motifs is 1. The Hall–Kier alpha value is -2.89. The minimum Gasteiger partial charge on any atom is -0.469 e. The normalized spacial score (nSPS) is 12.2. The Bertz CT molecular complexity index is 884. The zero-order valence-electron chi connectivity index (χ0n) is 13.4. The van der Waals surface area contributed by atoms with Crippen LogP contribution in [0.4, 0.5) is 0 Å². The van der Waals surface area contributed by atoms with Gasteiger partial charge < -0.3 is 9.73 Å². The summed E-state index contributed by atoms with van der Waals surface area (Å²) in [5.41, 5.74) is 0.421. The van der Waals surface area contributed by atoms with E-state index in [1.54, 1.807) is 24.5 Å². The lowest BCUT2D eigenvalue weighted by molar-refractivity contribution is -0.122. The first-order valence-electron chi connectivity index (χ1n) is 7.89. The number of rotatable bonds is 6. The van der Waals surface area contributed by atoms with Crippen molar-refractivity contribution in [3.05, 3.63) is 65.1 Å². The second kappa shape index (κ2) is 7.12. The molecule has 2 aromatic heterocycles. The summed E-state index contributed by atoms with van der Waals surface area (Å²) in [6, 6.07) is 10.8. The Kier molecular flexibility index (Phi) is 4.74. The maximum atomic E-state index is 12.4. The number of para-hydroxylation sites is 1. The number of aryl methyl sites for hydroxylation is 1. The van der Waals surface area contributed by atoms with Crippen LogP contribution in [0.15, 0.2) is 58.2 Å². The quantitative estimate of drug-likeness (QED) is 0.753. The molecule has 0 aliphatic rings. The highest BCUT2D eigenvalue weighted by molar-refractivity contribution is 5.78. The molecule has 1 aromatic carbocycles. The number of nitrogens with one attached hydrogen (secondary N) is 1. The van der Waals surface area contributed by atoms with E-state index in [1.807, 2.05) is 25.1 Å². The zero-order valence-corrected chi connectivity index (χ0v) is 13.4. The van der Waals surface area contributed by atoms with Gasteiger partial charge in [0.2, 0.25) is 5.91 Å². The molecule has 6 heteroatoms. The molecular weight excluding hydrogens is 306 g/mol. The summed E-state index contributed by atoms with van der Waals surface area (Å²) in [5, 5.41) is 3.41. The Morgan fingerprint density at radius 3 is 2.92 bits per heavy atom. The SMILES string of the molecule is C[C@H](CCc1ccco1)NC(=O)Cn1cnc2ccccc2c1=O. The van der Waals surface area contributed by atoms with Gasteiger partial charge in [-0.1, -0.05) is 12.1 Å². The molecule has 3 rings (SSSR count). The van der Waals surface area contributed by atoms with Crippen LogP contribution in [0.2, 0.25) is 0 Å². The van der Waals surface area contributed by atoms with E-state index in [-0.39, 0.29) is 24.1 Å². The average molecular weight is 325 g/mol. The van der Waals surface area contributed by atoms with E-state index in [2.05, 4.69) is 10.3 Å². The number of hydrogen-bond donors (Lipinski definition) is 1. The topological polar surface area (TPSA) is 77.1 Å². The van der Waals surface area contributed by atoms with Gasteiger partial charge in [0.05, 0.1) is 23.5 Å². The van der Waals surface area contributed by atoms with Gasteiger partial charge in [-0.15, -0.1) is 0 Å². The molecule has 6 nitrogen and oxygen atoms in total. The first-order valence-corrected chi connectivity index (χ1v) is 7.89. The van der Waals surface area contributed by atoms with Gasteiger partial charge in [0, 0.05) is 12.5 Å². The molecule has 0 spiro atoms. The minimum absolute atomic E-state index is 0.00767. The van der Waals surface area contributed by atoms with Crippen molar-refractivity contribution in [2.24, 2.45) is 0 Å². The van der Waals surface area contributed by atoms with Gasteiger partial charge in [-0.05, 0) is 37.6 Å². The van der Waals surface area contributed by atoms with E-state index in [0.717, 1.165) is 18.6 Å². The number of carbonyl (C=O) groups is 1. The largest absolute Gasteiger partial charge is 0.469 e. The van der Waals surface area contributed by atoms with Crippen molar-refractivity contribution < 1.29 is 9.21 Å². The summed E-state index contributed by atoms with van der Waals surface area (Å²) in [5.74, 6) is 0.687. The smallest absolute Gasteiger partial charge is 0.261 e. The van der Waals surface area contributed by atoms with Crippen LogP contribution in [0.5, 0.6) is 0 Å². The molecule has 1 N–H and O–H groups in total. The summed E-state index contributed by atoms with van der Waals surface area (Å²) in [7, 11) is 0. The van der Waals surface area contributed by atoms with Gasteiger partial charge in [0.25, 0.3) is 5.56 Å². The first kappa shape index (κ1) is 16.0. The highest BCUT2D eigenvalue weighted by Gasteiger charge is 2.11. The highest BCUT2D eigenvalue weighted by atomic mass is 16.3. The number of furan rings is 1. The van der Waals surface area contributed by atoms with Crippen LogP contribution >= 0.6 is 0 Å². The van der Waals surface area contributed by atoms with Crippen molar-refractivity contribution in [3.63, 3.8) is 0 Å². The Morgan fingerprint density at radius 1 is 1.29 bits per heavy atom. The minimum atomic E-state index is -0.209. The summed E-state index contributed by atoms with van der Waals surface area (Å²) in [6.45, 7) is 1.89. The molecule has 0 unspecified atom stereocenters. The number of benzene rings is 1. The molecule has 1 amide bonds. The van der Waals surface area contributed by atoms with Crippen molar-refractivity contribution in [2.45, 2.75) is 32.4 Å². The van der Waals surface area contributed by atoms with Crippen LogP contribution in [0.1, 0.15) is 19.1 Å². The molecule has 0 aliphatic heterocycles. The standard InChI is InChI=1S/C18H19N3O3/c1-13(8-9-14-5-4-10-24-14)20-17(22)11-21-12-19-16-7-3-2-6-15(16)18(21)23/h2-7,10,12-13H,8-9,11H2,1H3,(H,20,22)/t13-/m1/s1. The van der Waals surface area contributed by atoms with Crippen LogP contribution in [-0.4, -0.2) is 21.5 Å². The number of aromatic nitrogens is 2. The fourth-order valence-electron chi connectivity index (χ4n) is 2.58. The Balaban J connectivity index is 1.60. The van der Waals surface area contributed by atoms with E-state index >= 15 is 0 Å². The van der Waals surface area contributed by atoms with Crippen molar-refractivity contribution in [3.8, 4) is 0 Å². The lowest BCUT2D eigenvalue weighted by Gasteiger charge is -2.14. The molecule has 124 valence electrons. The van der Waals surface area contributed by atoms with Gasteiger partial charge in [-0.25, -0.2) is 4.98 Å². The average Bonchev–Trinajstić information content (AvgIpc) is 3.09. The van der Waals surface area contributed by atoms with E-state index in [4.69, 9.17) is 4.42 Å². The lowest BCUT2D eigenvalue weighted by atomic mass is 10.1. The lowest BCUT2D eigenvalue weighted by Crippen LogP contribution is -2.37. The molecule has 24 heavy (non-hydrogen) atoms. The summed E-state index contributed by atoms with van der Waals surface area (Å²) in [6.07, 6.45) is 4.57. The second-order valence-corrected chi connectivity index (χ2v) is 5.78. The van der Waals surface area contributed by atoms with Crippen molar-refractivity contribution in [1.82, 2.24) is 14.9 Å². The maximum absolute atomic E-state index is 12.4. The fourth-order valence-corrected chi connectivity index (χ4v) is 2.58. The number of amides is 1. The van der Waals surface area contributed by atoms with E-state index < -0.39 is 0 Å². The molecule has 0 radical (unpaired) electrons. The van der Waals surface area contributed by atoms with Crippen LogP contribution in [0.25, 0.3) is 10.9 Å². The van der Waals surface area contributed by atoms with Crippen LogP contribution in [0, 0.1) is 0 Å². The van der Waals surface area contributed by atoms with Gasteiger partial charge in [-0.2, -0.15) is 0 Å². The molecule has 0 aliphatic carbocycles. The van der Waals surface area contributed by atoms with Crippen LogP contribution in [0.3, 0.4) is 0 Å². The maximum Gasteiger partial charge on any atom is 0.261 e. The van der Waals surface area contributed by atoms with Gasteiger partial charge in [-0.3, -0.25) is 14.2 Å². The molecular formula is C18H19N3O3. The van der Waals surface area contributed by atoms with Crippen molar-refractivity contribution in [2.75, 3.05) is 0 Å². The third-order valence-corrected chi connectivity index (χ3v) is 3.86. The molecule has 1 atom stereocenters. The van der Waals surface area contributed by atoms with Crippen molar-refractivity contribution in [1.29, 1.82) is 0 Å². The Labute approximate surface area is 139 Å². The van der Waals surface area contributed by atoms with Crippen LogP contribution < -0.4 is 10.9 Å². The van der Waals surface area contributed by atoms with E-state index in [9.17, 15) is 9.59 Å². The van der Waals surface area contributed by atoms with Gasteiger partial charge in [0.1, 0.15) is 12.3 Å². The third kappa shape index (κ3) is 3.71. The predicted molar refractivity (Wildman–Crippen MR) is 90.6 cm³/mol. The van der Waals surface area contributed by atoms with Gasteiger partial charge in [0.15, 0.2) is 0 Å². The summed E-state index contributed by atoms with van der Waals surface area (Å²) < 4.78 is 6.61. The number of carbonyl (C=O) groups excluding carboxylic acids is 1. The summed E-state index contributed by atoms with van der Waals surface area (Å²) >= 11 is 0. The molecule has 3 aromatic rings. The van der Waals surface area contributed by atoms with Crippen LogP contribution in [-0.2, 0) is 17.8 Å².